The minimum atomic E-state index is 0.185. The summed E-state index contributed by atoms with van der Waals surface area (Å²) in [6.07, 6.45) is 6.59. The summed E-state index contributed by atoms with van der Waals surface area (Å²) in [6, 6.07) is 1.10. The Bertz CT molecular complexity index is 282. The van der Waals surface area contributed by atoms with E-state index in [0.29, 0.717) is 12.0 Å². The third kappa shape index (κ3) is 2.57. The molecule has 1 saturated carbocycles. The topological polar surface area (TPSA) is 52.7 Å². The van der Waals surface area contributed by atoms with E-state index in [1.807, 2.05) is 0 Å². The molecule has 0 spiro atoms. The van der Waals surface area contributed by atoms with Crippen LogP contribution in [0.25, 0.3) is 0 Å². The van der Waals surface area contributed by atoms with Crippen molar-refractivity contribution in [2.45, 2.75) is 50.2 Å². The van der Waals surface area contributed by atoms with Gasteiger partial charge in [-0.2, -0.15) is 0 Å². The van der Waals surface area contributed by atoms with Gasteiger partial charge < -0.3 is 10.8 Å². The minimum Gasteiger partial charge on any atom is -0.395 e. The van der Waals surface area contributed by atoms with Gasteiger partial charge in [0.05, 0.1) is 6.61 Å². The quantitative estimate of drug-likeness (QED) is 0.754. The van der Waals surface area contributed by atoms with Gasteiger partial charge in [0, 0.05) is 37.8 Å². The molecule has 18 heavy (non-hydrogen) atoms. The Morgan fingerprint density at radius 2 is 1.94 bits per heavy atom. The second kappa shape index (κ2) is 5.45. The molecule has 3 rings (SSSR count). The number of hydrogen-bond donors (Lipinski definition) is 2. The molecule has 4 heteroatoms. The number of fused-ring (bicyclic) bond motifs is 1. The molecule has 3 unspecified atom stereocenters. The Morgan fingerprint density at radius 3 is 2.67 bits per heavy atom. The molecule has 0 aromatic rings. The molecule has 4 nitrogen and oxygen atoms in total. The van der Waals surface area contributed by atoms with Crippen molar-refractivity contribution >= 4 is 0 Å². The summed E-state index contributed by atoms with van der Waals surface area (Å²) in [7, 11) is 0. The van der Waals surface area contributed by atoms with Gasteiger partial charge in [0.25, 0.3) is 0 Å². The molecule has 3 aliphatic rings. The van der Waals surface area contributed by atoms with Gasteiger partial charge in [-0.25, -0.2) is 0 Å². The molecule has 0 aromatic heterocycles. The van der Waals surface area contributed by atoms with Crippen molar-refractivity contribution in [2.24, 2.45) is 11.7 Å². The van der Waals surface area contributed by atoms with Crippen LogP contribution in [0, 0.1) is 5.92 Å². The molecule has 0 aromatic carbocycles. The largest absolute Gasteiger partial charge is 0.395 e. The summed E-state index contributed by atoms with van der Waals surface area (Å²) in [4.78, 5) is 5.10. The number of hydrogen-bond acceptors (Lipinski definition) is 4. The van der Waals surface area contributed by atoms with Gasteiger partial charge in [-0.3, -0.25) is 9.80 Å². The molecule has 3 atom stereocenters. The van der Waals surface area contributed by atoms with Crippen molar-refractivity contribution in [3.05, 3.63) is 0 Å². The summed E-state index contributed by atoms with van der Waals surface area (Å²) in [5, 5.41) is 9.69. The normalized spacial score (nSPS) is 34.0. The Labute approximate surface area is 110 Å². The van der Waals surface area contributed by atoms with Crippen LogP contribution >= 0.6 is 0 Å². The Kier molecular flexibility index (Phi) is 3.89. The minimum absolute atomic E-state index is 0.185. The highest BCUT2D eigenvalue weighted by Crippen LogP contribution is 2.34. The molecule has 0 bridgehead atoms. The van der Waals surface area contributed by atoms with Crippen molar-refractivity contribution in [1.29, 1.82) is 0 Å². The predicted molar refractivity (Wildman–Crippen MR) is 72.4 cm³/mol. The van der Waals surface area contributed by atoms with Crippen LogP contribution in [-0.2, 0) is 0 Å². The number of rotatable bonds is 4. The molecule has 2 saturated heterocycles. The maximum atomic E-state index is 9.69. The van der Waals surface area contributed by atoms with E-state index in [0.717, 1.165) is 13.1 Å². The van der Waals surface area contributed by atoms with E-state index in [1.54, 1.807) is 0 Å². The zero-order chi connectivity index (χ0) is 12.5. The predicted octanol–water partition coefficient (Wildman–Crippen LogP) is 0.255. The summed E-state index contributed by atoms with van der Waals surface area (Å²) >= 11 is 0. The second-order valence-corrected chi connectivity index (χ2v) is 6.35. The van der Waals surface area contributed by atoms with Crippen molar-refractivity contribution in [3.8, 4) is 0 Å². The third-order valence-corrected chi connectivity index (χ3v) is 5.14. The first-order valence-corrected chi connectivity index (χ1v) is 7.64. The first kappa shape index (κ1) is 12.9. The molecule has 2 aliphatic heterocycles. The van der Waals surface area contributed by atoms with E-state index < -0.39 is 0 Å². The zero-order valence-electron chi connectivity index (χ0n) is 11.3. The van der Waals surface area contributed by atoms with Gasteiger partial charge in [-0.15, -0.1) is 0 Å². The lowest BCUT2D eigenvalue weighted by Gasteiger charge is -2.47. The molecule has 0 radical (unpaired) electrons. The van der Waals surface area contributed by atoms with Gasteiger partial charge in [-0.05, 0) is 38.1 Å². The third-order valence-electron chi connectivity index (χ3n) is 5.14. The van der Waals surface area contributed by atoms with Gasteiger partial charge >= 0.3 is 0 Å². The van der Waals surface area contributed by atoms with Crippen molar-refractivity contribution < 1.29 is 5.11 Å². The maximum absolute atomic E-state index is 9.69. The van der Waals surface area contributed by atoms with Crippen LogP contribution in [0.1, 0.15) is 32.1 Å². The lowest BCUT2D eigenvalue weighted by molar-refractivity contribution is 0.00331. The molecule has 1 aliphatic carbocycles. The Hall–Kier alpha value is -0.160. The first-order chi connectivity index (χ1) is 8.79. The van der Waals surface area contributed by atoms with E-state index in [1.165, 1.54) is 45.2 Å². The highest BCUT2D eigenvalue weighted by atomic mass is 16.3. The molecule has 2 heterocycles. The Balaban J connectivity index is 1.60. The molecular weight excluding hydrogens is 226 g/mol. The molecular formula is C14H27N3O. The highest BCUT2D eigenvalue weighted by molar-refractivity contribution is 4.96. The van der Waals surface area contributed by atoms with Gasteiger partial charge in [0.2, 0.25) is 0 Å². The number of nitrogens with two attached hydrogens (primary N) is 1. The van der Waals surface area contributed by atoms with Gasteiger partial charge in [-0.1, -0.05) is 6.42 Å². The van der Waals surface area contributed by atoms with Gasteiger partial charge in [0.1, 0.15) is 0 Å². The van der Waals surface area contributed by atoms with Crippen LogP contribution in [0.2, 0.25) is 0 Å². The number of piperazine rings is 1. The fourth-order valence-electron chi connectivity index (χ4n) is 3.76. The number of piperidine rings is 1. The standard InChI is InChI=1S/C14H27N3O/c15-14(11-4-5-11)13(10-18)17-8-7-16-6-2-1-3-12(16)9-17/h11-14,18H,1-10,15H2. The van der Waals surface area contributed by atoms with Crippen LogP contribution in [-0.4, -0.2) is 65.8 Å². The molecule has 3 N–H and O–H groups in total. The molecule has 0 amide bonds. The van der Waals surface area contributed by atoms with E-state index >= 15 is 0 Å². The number of aliphatic hydroxyl groups is 1. The van der Waals surface area contributed by atoms with E-state index in [2.05, 4.69) is 9.80 Å². The van der Waals surface area contributed by atoms with Crippen molar-refractivity contribution in [2.75, 3.05) is 32.8 Å². The smallest absolute Gasteiger partial charge is 0.0602 e. The summed E-state index contributed by atoms with van der Waals surface area (Å²) < 4.78 is 0. The van der Waals surface area contributed by atoms with E-state index in [4.69, 9.17) is 5.73 Å². The fourth-order valence-corrected chi connectivity index (χ4v) is 3.76. The lowest BCUT2D eigenvalue weighted by atomic mass is 9.96. The SMILES string of the molecule is NC(C1CC1)C(CO)N1CCN2CCCCC2C1. The zero-order valence-corrected chi connectivity index (χ0v) is 11.3. The van der Waals surface area contributed by atoms with E-state index in [9.17, 15) is 5.11 Å². The van der Waals surface area contributed by atoms with Crippen LogP contribution in [0.3, 0.4) is 0 Å². The van der Waals surface area contributed by atoms with Crippen molar-refractivity contribution in [3.63, 3.8) is 0 Å². The summed E-state index contributed by atoms with van der Waals surface area (Å²) in [5.41, 5.74) is 6.32. The second-order valence-electron chi connectivity index (χ2n) is 6.35. The highest BCUT2D eigenvalue weighted by Gasteiger charge is 2.39. The number of nitrogens with zero attached hydrogens (tertiary/aromatic N) is 2. The summed E-state index contributed by atoms with van der Waals surface area (Å²) in [5.74, 6) is 0.673. The van der Waals surface area contributed by atoms with Crippen LogP contribution in [0.4, 0.5) is 0 Å². The van der Waals surface area contributed by atoms with Crippen LogP contribution < -0.4 is 5.73 Å². The van der Waals surface area contributed by atoms with Crippen molar-refractivity contribution in [1.82, 2.24) is 9.80 Å². The fraction of sp³-hybridized carbons (Fsp3) is 1.00. The lowest BCUT2D eigenvalue weighted by Crippen LogP contribution is -2.61. The van der Waals surface area contributed by atoms with Gasteiger partial charge in [0.15, 0.2) is 0 Å². The average molecular weight is 253 g/mol. The number of aliphatic hydroxyl groups excluding tert-OH is 1. The monoisotopic (exact) mass is 253 g/mol. The van der Waals surface area contributed by atoms with E-state index in [-0.39, 0.29) is 18.7 Å². The van der Waals surface area contributed by atoms with Crippen LogP contribution in [0.15, 0.2) is 0 Å². The Morgan fingerprint density at radius 1 is 1.11 bits per heavy atom. The molecule has 104 valence electrons. The first-order valence-electron chi connectivity index (χ1n) is 7.64. The maximum Gasteiger partial charge on any atom is 0.0602 e. The average Bonchev–Trinajstić information content (AvgIpc) is 3.23. The van der Waals surface area contributed by atoms with Crippen LogP contribution in [0.5, 0.6) is 0 Å². The molecule has 3 fully saturated rings. The summed E-state index contributed by atoms with van der Waals surface area (Å²) in [6.45, 7) is 4.87.